The van der Waals surface area contributed by atoms with Crippen LogP contribution in [-0.4, -0.2) is 45.9 Å². The van der Waals surface area contributed by atoms with Crippen LogP contribution in [0.15, 0.2) is 40.9 Å². The predicted octanol–water partition coefficient (Wildman–Crippen LogP) is 2.08. The predicted molar refractivity (Wildman–Crippen MR) is 83.1 cm³/mol. The Balaban J connectivity index is 1.71. The molecule has 0 radical (unpaired) electrons. The lowest BCUT2D eigenvalue weighted by Gasteiger charge is -2.37. The van der Waals surface area contributed by atoms with Crippen molar-refractivity contribution in [2.24, 2.45) is 5.92 Å². The summed E-state index contributed by atoms with van der Waals surface area (Å²) in [7, 11) is 0. The highest BCUT2D eigenvalue weighted by atomic mass is 16.4. The van der Waals surface area contributed by atoms with Crippen LogP contribution < -0.4 is 0 Å². The molecule has 0 saturated carbocycles. The van der Waals surface area contributed by atoms with Crippen molar-refractivity contribution in [3.8, 4) is 11.3 Å². The van der Waals surface area contributed by atoms with E-state index in [1.807, 2.05) is 37.3 Å². The third-order valence-corrected chi connectivity index (χ3v) is 4.47. The maximum Gasteiger partial charge on any atom is 0.211 e. The van der Waals surface area contributed by atoms with Gasteiger partial charge in [0.15, 0.2) is 5.76 Å². The standard InChI is InChI=1S/C17H22N2O3/c1-12(19-8-7-14(11-20)15(21)10-19)17-18-9-16(22-17)13-5-3-2-4-6-13/h2-6,9,12,14-15,20-21H,7-8,10-11H2,1H3. The third kappa shape index (κ3) is 3.06. The fourth-order valence-electron chi connectivity index (χ4n) is 2.94. The maximum absolute atomic E-state index is 10.1. The van der Waals surface area contributed by atoms with Crippen LogP contribution in [-0.2, 0) is 0 Å². The van der Waals surface area contributed by atoms with Crippen molar-refractivity contribution in [1.29, 1.82) is 0 Å². The van der Waals surface area contributed by atoms with Crippen LogP contribution in [0.3, 0.4) is 0 Å². The Morgan fingerprint density at radius 1 is 1.36 bits per heavy atom. The van der Waals surface area contributed by atoms with Gasteiger partial charge < -0.3 is 14.6 Å². The Hall–Kier alpha value is -1.69. The Kier molecular flexibility index (Phi) is 4.57. The molecule has 22 heavy (non-hydrogen) atoms. The smallest absolute Gasteiger partial charge is 0.211 e. The van der Waals surface area contributed by atoms with E-state index in [2.05, 4.69) is 9.88 Å². The topological polar surface area (TPSA) is 69.7 Å². The van der Waals surface area contributed by atoms with Gasteiger partial charge in [0.1, 0.15) is 0 Å². The fourth-order valence-corrected chi connectivity index (χ4v) is 2.94. The van der Waals surface area contributed by atoms with Crippen LogP contribution >= 0.6 is 0 Å². The molecule has 3 atom stereocenters. The van der Waals surface area contributed by atoms with Gasteiger partial charge in [0.25, 0.3) is 0 Å². The highest BCUT2D eigenvalue weighted by Gasteiger charge is 2.31. The first-order valence-electron chi connectivity index (χ1n) is 7.73. The first-order valence-corrected chi connectivity index (χ1v) is 7.73. The molecule has 0 bridgehead atoms. The monoisotopic (exact) mass is 302 g/mol. The second-order valence-electron chi connectivity index (χ2n) is 5.90. The highest BCUT2D eigenvalue weighted by molar-refractivity contribution is 5.55. The lowest BCUT2D eigenvalue weighted by molar-refractivity contribution is -0.0177. The van der Waals surface area contributed by atoms with E-state index in [9.17, 15) is 10.2 Å². The number of likely N-dealkylation sites (tertiary alicyclic amines) is 1. The van der Waals surface area contributed by atoms with Crippen LogP contribution in [0.2, 0.25) is 0 Å². The SMILES string of the molecule is CC(c1ncc(-c2ccccc2)o1)N1CCC(CO)C(O)C1. The summed E-state index contributed by atoms with van der Waals surface area (Å²) in [4.78, 5) is 6.54. The number of β-amino-alcohol motifs (C(OH)–C–C–N with tert-alkyl or cyclic N) is 1. The Morgan fingerprint density at radius 3 is 2.82 bits per heavy atom. The summed E-state index contributed by atoms with van der Waals surface area (Å²) in [6.07, 6.45) is 2.04. The Morgan fingerprint density at radius 2 is 2.14 bits per heavy atom. The number of benzene rings is 1. The van der Waals surface area contributed by atoms with Gasteiger partial charge in [-0.05, 0) is 19.9 Å². The lowest BCUT2D eigenvalue weighted by Crippen LogP contribution is -2.45. The summed E-state index contributed by atoms with van der Waals surface area (Å²) in [5.41, 5.74) is 1.01. The van der Waals surface area contributed by atoms with Crippen LogP contribution in [0.25, 0.3) is 11.3 Å². The number of aliphatic hydroxyl groups excluding tert-OH is 2. The summed E-state index contributed by atoms with van der Waals surface area (Å²) in [6, 6.07) is 9.90. The van der Waals surface area contributed by atoms with Crippen molar-refractivity contribution in [1.82, 2.24) is 9.88 Å². The summed E-state index contributed by atoms with van der Waals surface area (Å²) in [6.45, 7) is 3.44. The summed E-state index contributed by atoms with van der Waals surface area (Å²) >= 11 is 0. The quantitative estimate of drug-likeness (QED) is 0.905. The number of nitrogens with zero attached hydrogens (tertiary/aromatic N) is 2. The van der Waals surface area contributed by atoms with E-state index in [4.69, 9.17) is 4.42 Å². The van der Waals surface area contributed by atoms with E-state index < -0.39 is 6.10 Å². The number of rotatable bonds is 4. The number of aromatic nitrogens is 1. The van der Waals surface area contributed by atoms with Crippen molar-refractivity contribution in [3.63, 3.8) is 0 Å². The van der Waals surface area contributed by atoms with Gasteiger partial charge in [-0.15, -0.1) is 0 Å². The minimum Gasteiger partial charge on any atom is -0.439 e. The molecule has 1 aliphatic heterocycles. The molecule has 0 aliphatic carbocycles. The number of oxazole rings is 1. The molecule has 5 heteroatoms. The average molecular weight is 302 g/mol. The zero-order valence-electron chi connectivity index (χ0n) is 12.7. The first kappa shape index (κ1) is 15.2. The molecular weight excluding hydrogens is 280 g/mol. The van der Waals surface area contributed by atoms with Gasteiger partial charge >= 0.3 is 0 Å². The van der Waals surface area contributed by atoms with E-state index in [-0.39, 0.29) is 18.6 Å². The molecule has 2 N–H and O–H groups in total. The number of hydrogen-bond donors (Lipinski definition) is 2. The number of piperidine rings is 1. The van der Waals surface area contributed by atoms with E-state index >= 15 is 0 Å². The molecule has 2 aromatic rings. The third-order valence-electron chi connectivity index (χ3n) is 4.47. The fraction of sp³-hybridized carbons (Fsp3) is 0.471. The highest BCUT2D eigenvalue weighted by Crippen LogP contribution is 2.29. The molecule has 3 unspecified atom stereocenters. The first-order chi connectivity index (χ1) is 10.7. The number of hydrogen-bond acceptors (Lipinski definition) is 5. The van der Waals surface area contributed by atoms with Crippen molar-refractivity contribution >= 4 is 0 Å². The van der Waals surface area contributed by atoms with Crippen molar-refractivity contribution in [2.75, 3.05) is 19.7 Å². The van der Waals surface area contributed by atoms with Gasteiger partial charge in [-0.3, -0.25) is 4.90 Å². The Bertz CT molecular complexity index is 599. The molecule has 0 spiro atoms. The maximum atomic E-state index is 10.1. The zero-order chi connectivity index (χ0) is 15.5. The molecular formula is C17H22N2O3. The zero-order valence-corrected chi connectivity index (χ0v) is 12.7. The van der Waals surface area contributed by atoms with Crippen molar-refractivity contribution in [3.05, 3.63) is 42.4 Å². The van der Waals surface area contributed by atoms with Crippen LogP contribution in [0.4, 0.5) is 0 Å². The van der Waals surface area contributed by atoms with Crippen molar-refractivity contribution < 1.29 is 14.6 Å². The molecule has 118 valence electrons. The van der Waals surface area contributed by atoms with E-state index in [0.29, 0.717) is 12.4 Å². The average Bonchev–Trinajstić information content (AvgIpc) is 3.05. The van der Waals surface area contributed by atoms with Gasteiger partial charge in [-0.2, -0.15) is 0 Å². The van der Waals surface area contributed by atoms with Gasteiger partial charge in [0.05, 0.1) is 18.3 Å². The normalized spacial score (nSPS) is 24.3. The molecule has 0 amide bonds. The second kappa shape index (κ2) is 6.60. The minimum absolute atomic E-state index is 0.00625. The van der Waals surface area contributed by atoms with Gasteiger partial charge in [0.2, 0.25) is 5.89 Å². The van der Waals surface area contributed by atoms with E-state index in [0.717, 1.165) is 24.3 Å². The number of aliphatic hydroxyl groups is 2. The van der Waals surface area contributed by atoms with E-state index in [1.165, 1.54) is 0 Å². The lowest BCUT2D eigenvalue weighted by atomic mass is 9.94. The van der Waals surface area contributed by atoms with Crippen LogP contribution in [0.1, 0.15) is 25.3 Å². The summed E-state index contributed by atoms with van der Waals surface area (Å²) < 4.78 is 5.89. The van der Waals surface area contributed by atoms with Crippen LogP contribution in [0, 0.1) is 5.92 Å². The van der Waals surface area contributed by atoms with Gasteiger partial charge in [-0.1, -0.05) is 30.3 Å². The summed E-state index contributed by atoms with van der Waals surface area (Å²) in [5, 5.41) is 19.3. The minimum atomic E-state index is -0.496. The largest absolute Gasteiger partial charge is 0.439 e. The van der Waals surface area contributed by atoms with Gasteiger partial charge in [0, 0.05) is 24.6 Å². The summed E-state index contributed by atoms with van der Waals surface area (Å²) in [5.74, 6) is 1.40. The van der Waals surface area contributed by atoms with Crippen molar-refractivity contribution in [2.45, 2.75) is 25.5 Å². The van der Waals surface area contributed by atoms with Crippen LogP contribution in [0.5, 0.6) is 0 Å². The molecule has 1 aromatic heterocycles. The molecule has 1 fully saturated rings. The van der Waals surface area contributed by atoms with Gasteiger partial charge in [-0.25, -0.2) is 4.98 Å². The molecule has 1 aromatic carbocycles. The molecule has 5 nitrogen and oxygen atoms in total. The van der Waals surface area contributed by atoms with E-state index in [1.54, 1.807) is 6.20 Å². The molecule has 3 rings (SSSR count). The molecule has 1 aliphatic rings. The molecule has 2 heterocycles. The second-order valence-corrected chi connectivity index (χ2v) is 5.90. The molecule has 1 saturated heterocycles. The Labute approximate surface area is 130 Å².